The maximum Gasteiger partial charge on any atom is 0.119 e. The van der Waals surface area contributed by atoms with E-state index in [1.54, 1.807) is 0 Å². The highest BCUT2D eigenvalue weighted by Crippen LogP contribution is 2.24. The maximum atomic E-state index is 12.4. The van der Waals surface area contributed by atoms with Crippen LogP contribution in [0.2, 0.25) is 0 Å². The average Bonchev–Trinajstić information content (AvgIpc) is 2.48. The van der Waals surface area contributed by atoms with Gasteiger partial charge in [0.1, 0.15) is 5.75 Å². The van der Waals surface area contributed by atoms with Crippen molar-refractivity contribution in [3.8, 4) is 5.75 Å². The normalized spacial score (nSPS) is 19.4. The molecule has 118 valence electrons. The van der Waals surface area contributed by atoms with Gasteiger partial charge < -0.3 is 10.5 Å². The summed E-state index contributed by atoms with van der Waals surface area (Å²) in [5.41, 5.74) is 7.26. The molecule has 21 heavy (non-hydrogen) atoms. The van der Waals surface area contributed by atoms with Gasteiger partial charge in [0.05, 0.1) is 6.10 Å². The van der Waals surface area contributed by atoms with Crippen LogP contribution in [-0.2, 0) is 10.8 Å². The second-order valence-electron chi connectivity index (χ2n) is 6.15. The molecule has 1 saturated carbocycles. The molecule has 2 atom stereocenters. The van der Waals surface area contributed by atoms with Gasteiger partial charge in [0.15, 0.2) is 0 Å². The first-order chi connectivity index (χ1) is 10.1. The maximum absolute atomic E-state index is 12.4. The topological polar surface area (TPSA) is 52.3 Å². The molecule has 0 saturated heterocycles. The molecule has 2 rings (SSSR count). The lowest BCUT2D eigenvalue weighted by atomic mass is 10.0. The molecule has 0 amide bonds. The molecule has 3 nitrogen and oxygen atoms in total. The number of ether oxygens (including phenoxy) is 1. The summed E-state index contributed by atoms with van der Waals surface area (Å²) in [4.78, 5) is 0. The van der Waals surface area contributed by atoms with Gasteiger partial charge in [-0.05, 0) is 44.4 Å². The quantitative estimate of drug-likeness (QED) is 0.874. The summed E-state index contributed by atoms with van der Waals surface area (Å²) in [5.74, 6) is 1.42. The van der Waals surface area contributed by atoms with E-state index in [0.29, 0.717) is 11.0 Å². The third kappa shape index (κ3) is 5.11. The molecule has 0 aromatic heterocycles. The molecule has 0 heterocycles. The Bertz CT molecular complexity index is 452. The van der Waals surface area contributed by atoms with Gasteiger partial charge in [-0.1, -0.05) is 31.4 Å². The molecule has 0 spiro atoms. The average molecular weight is 309 g/mol. The largest absolute Gasteiger partial charge is 0.491 e. The van der Waals surface area contributed by atoms with Crippen molar-refractivity contribution in [3.05, 3.63) is 29.8 Å². The minimum atomic E-state index is -0.808. The Morgan fingerprint density at radius 3 is 2.38 bits per heavy atom. The minimum Gasteiger partial charge on any atom is -0.491 e. The van der Waals surface area contributed by atoms with Crippen LogP contribution in [0.3, 0.4) is 0 Å². The van der Waals surface area contributed by atoms with Crippen molar-refractivity contribution in [2.45, 2.75) is 63.3 Å². The van der Waals surface area contributed by atoms with E-state index in [4.69, 9.17) is 10.5 Å². The smallest absolute Gasteiger partial charge is 0.119 e. The first-order valence-corrected chi connectivity index (χ1v) is 9.34. The van der Waals surface area contributed by atoms with Crippen LogP contribution in [0, 0.1) is 0 Å². The first-order valence-electron chi connectivity index (χ1n) is 7.95. The van der Waals surface area contributed by atoms with Crippen molar-refractivity contribution in [2.24, 2.45) is 5.73 Å². The molecule has 1 aromatic carbocycles. The molecule has 0 radical (unpaired) electrons. The lowest BCUT2D eigenvalue weighted by Gasteiger charge is -2.22. The number of rotatable bonds is 6. The zero-order valence-electron chi connectivity index (χ0n) is 13.1. The Kier molecular flexibility index (Phi) is 6.24. The zero-order valence-corrected chi connectivity index (χ0v) is 13.9. The van der Waals surface area contributed by atoms with Gasteiger partial charge in [-0.3, -0.25) is 4.21 Å². The Labute approximate surface area is 130 Å². The van der Waals surface area contributed by atoms with Gasteiger partial charge in [0.2, 0.25) is 0 Å². The van der Waals surface area contributed by atoms with E-state index in [-0.39, 0.29) is 12.1 Å². The van der Waals surface area contributed by atoms with Crippen LogP contribution >= 0.6 is 0 Å². The van der Waals surface area contributed by atoms with Crippen LogP contribution in [-0.4, -0.2) is 21.3 Å². The van der Waals surface area contributed by atoms with Crippen LogP contribution in [0.15, 0.2) is 24.3 Å². The molecule has 2 unspecified atom stereocenters. The van der Waals surface area contributed by atoms with E-state index in [2.05, 4.69) is 0 Å². The van der Waals surface area contributed by atoms with Crippen LogP contribution in [0.5, 0.6) is 5.75 Å². The lowest BCUT2D eigenvalue weighted by molar-refractivity contribution is 0.242. The van der Waals surface area contributed by atoms with Gasteiger partial charge in [-0.2, -0.15) is 0 Å². The summed E-state index contributed by atoms with van der Waals surface area (Å²) in [7, 11) is -0.808. The van der Waals surface area contributed by atoms with Crippen molar-refractivity contribution < 1.29 is 8.95 Å². The highest BCUT2D eigenvalue weighted by atomic mass is 32.2. The van der Waals surface area contributed by atoms with Crippen LogP contribution in [0.25, 0.3) is 0 Å². The van der Waals surface area contributed by atoms with Crippen LogP contribution in [0.4, 0.5) is 0 Å². The summed E-state index contributed by atoms with van der Waals surface area (Å²) in [5, 5.41) is 0.355. The summed E-state index contributed by atoms with van der Waals surface area (Å²) in [6, 6.07) is 7.71. The third-order valence-corrected chi connectivity index (χ3v) is 5.85. The monoisotopic (exact) mass is 309 g/mol. The van der Waals surface area contributed by atoms with E-state index in [9.17, 15) is 4.21 Å². The molecular formula is C17H27NO2S. The number of benzene rings is 1. The predicted octanol–water partition coefficient (Wildman–Crippen LogP) is 3.56. The molecule has 1 aromatic rings. The van der Waals surface area contributed by atoms with Gasteiger partial charge in [0.25, 0.3) is 0 Å². The Balaban J connectivity index is 1.90. The Morgan fingerprint density at radius 2 is 1.81 bits per heavy atom. The van der Waals surface area contributed by atoms with E-state index in [1.165, 1.54) is 19.3 Å². The van der Waals surface area contributed by atoms with Crippen molar-refractivity contribution in [2.75, 3.05) is 5.75 Å². The number of hydrogen-bond donors (Lipinski definition) is 1. The molecule has 1 aliphatic carbocycles. The molecule has 0 bridgehead atoms. The summed E-state index contributed by atoms with van der Waals surface area (Å²) < 4.78 is 18.0. The fourth-order valence-corrected chi connectivity index (χ4v) is 4.48. The van der Waals surface area contributed by atoms with Crippen molar-refractivity contribution >= 4 is 10.8 Å². The fourth-order valence-electron chi connectivity index (χ4n) is 2.80. The molecule has 2 N–H and O–H groups in total. The van der Waals surface area contributed by atoms with Gasteiger partial charge in [-0.15, -0.1) is 0 Å². The SMILES string of the molecule is CC(C)Oc1ccc(C(N)CS(=O)C2CCCCC2)cc1. The van der Waals surface area contributed by atoms with Gasteiger partial charge >= 0.3 is 0 Å². The highest BCUT2D eigenvalue weighted by molar-refractivity contribution is 7.85. The Hall–Kier alpha value is -0.870. The molecule has 1 fully saturated rings. The van der Waals surface area contributed by atoms with Crippen molar-refractivity contribution in [1.29, 1.82) is 0 Å². The summed E-state index contributed by atoms with van der Waals surface area (Å²) >= 11 is 0. The van der Waals surface area contributed by atoms with E-state index in [0.717, 1.165) is 24.2 Å². The van der Waals surface area contributed by atoms with E-state index in [1.807, 2.05) is 38.1 Å². The minimum absolute atomic E-state index is 0.152. The number of nitrogens with two attached hydrogens (primary N) is 1. The standard InChI is InChI=1S/C17H27NO2S/c1-13(2)20-15-10-8-14(9-11-15)17(18)12-21(19)16-6-4-3-5-7-16/h8-11,13,16-17H,3-7,12,18H2,1-2H3. The van der Waals surface area contributed by atoms with Crippen LogP contribution < -0.4 is 10.5 Å². The van der Waals surface area contributed by atoms with Crippen LogP contribution in [0.1, 0.15) is 57.6 Å². The third-order valence-electron chi connectivity index (χ3n) is 3.95. The van der Waals surface area contributed by atoms with E-state index < -0.39 is 10.8 Å². The highest BCUT2D eigenvalue weighted by Gasteiger charge is 2.22. The Morgan fingerprint density at radius 1 is 1.19 bits per heavy atom. The van der Waals surface area contributed by atoms with Crippen molar-refractivity contribution in [3.63, 3.8) is 0 Å². The molecule has 1 aliphatic rings. The van der Waals surface area contributed by atoms with Crippen molar-refractivity contribution in [1.82, 2.24) is 0 Å². The molecule has 0 aliphatic heterocycles. The second-order valence-corrected chi connectivity index (χ2v) is 7.91. The summed E-state index contributed by atoms with van der Waals surface area (Å²) in [6.45, 7) is 4.01. The summed E-state index contributed by atoms with van der Waals surface area (Å²) in [6.07, 6.45) is 6.08. The predicted molar refractivity (Wildman–Crippen MR) is 89.0 cm³/mol. The molecular weight excluding hydrogens is 282 g/mol. The van der Waals surface area contributed by atoms with Gasteiger partial charge in [0, 0.05) is 27.8 Å². The fraction of sp³-hybridized carbons (Fsp3) is 0.647. The van der Waals surface area contributed by atoms with Gasteiger partial charge in [-0.25, -0.2) is 0 Å². The number of hydrogen-bond acceptors (Lipinski definition) is 3. The lowest BCUT2D eigenvalue weighted by Crippen LogP contribution is -2.26. The second kappa shape index (κ2) is 7.95. The zero-order chi connectivity index (χ0) is 15.2. The van der Waals surface area contributed by atoms with E-state index >= 15 is 0 Å². The molecule has 4 heteroatoms. The first kappa shape index (κ1) is 16.5.